The first-order valence-corrected chi connectivity index (χ1v) is 8.99. The van der Waals surface area contributed by atoms with Crippen molar-refractivity contribution in [1.29, 1.82) is 0 Å². The van der Waals surface area contributed by atoms with Crippen molar-refractivity contribution in [2.24, 2.45) is 12.0 Å². The lowest BCUT2D eigenvalue weighted by Crippen LogP contribution is -2.38. The summed E-state index contributed by atoms with van der Waals surface area (Å²) in [5.74, 6) is 0.856. The van der Waals surface area contributed by atoms with Crippen molar-refractivity contribution in [3.63, 3.8) is 0 Å². The molecule has 144 valence electrons. The second kappa shape index (κ2) is 10.5. The number of aliphatic imine (C=N–C) groups is 1. The Morgan fingerprint density at radius 2 is 1.88 bits per heavy atom. The maximum Gasteiger partial charge on any atom is 0.191 e. The summed E-state index contributed by atoms with van der Waals surface area (Å²) < 4.78 is 1.92. The van der Waals surface area contributed by atoms with Gasteiger partial charge in [0.2, 0.25) is 0 Å². The molecule has 0 fully saturated rings. The summed E-state index contributed by atoms with van der Waals surface area (Å²) in [5.41, 5.74) is 7.47. The van der Waals surface area contributed by atoms with Crippen LogP contribution in [0.1, 0.15) is 40.6 Å². The summed E-state index contributed by atoms with van der Waals surface area (Å²) in [7, 11) is 1.98. The molecule has 0 radical (unpaired) electrons. The lowest BCUT2D eigenvalue weighted by Gasteiger charge is -2.12. The highest BCUT2D eigenvalue weighted by Gasteiger charge is 2.09. The molecule has 0 aliphatic heterocycles. The van der Waals surface area contributed by atoms with E-state index in [1.54, 1.807) is 0 Å². The number of hydrogen-bond acceptors (Lipinski definition) is 2. The molecule has 0 saturated carbocycles. The van der Waals surface area contributed by atoms with Crippen LogP contribution in [-0.4, -0.2) is 28.8 Å². The molecule has 2 rings (SSSR count). The standard InChI is InChI=1S/C20H31N5.HI/c1-7-21-20(23-13-19-16(4)24-25(6)17(19)5)22-11-10-18-9-8-14(2)12-15(18)3;/h8-9,12H,7,10-11,13H2,1-6H3,(H2,21,22,23);1H. The van der Waals surface area contributed by atoms with Crippen LogP contribution in [0.3, 0.4) is 0 Å². The second-order valence-electron chi connectivity index (χ2n) is 6.57. The van der Waals surface area contributed by atoms with Crippen LogP contribution in [-0.2, 0) is 20.0 Å². The summed E-state index contributed by atoms with van der Waals surface area (Å²) in [6.07, 6.45) is 0.988. The SMILES string of the molecule is CCNC(=NCc1c(C)nn(C)c1C)NCCc1ccc(C)cc1C.I. The molecular formula is C20H32IN5. The fourth-order valence-corrected chi connectivity index (χ4v) is 2.99. The molecule has 26 heavy (non-hydrogen) atoms. The molecule has 2 aromatic rings. The molecule has 5 nitrogen and oxygen atoms in total. The third-order valence-electron chi connectivity index (χ3n) is 4.58. The number of hydrogen-bond donors (Lipinski definition) is 2. The van der Waals surface area contributed by atoms with E-state index in [0.29, 0.717) is 6.54 Å². The van der Waals surface area contributed by atoms with Crippen LogP contribution in [0.25, 0.3) is 0 Å². The number of aromatic nitrogens is 2. The zero-order valence-corrected chi connectivity index (χ0v) is 19.1. The Balaban J connectivity index is 0.00000338. The molecule has 0 aliphatic rings. The summed E-state index contributed by atoms with van der Waals surface area (Å²) >= 11 is 0. The molecule has 0 saturated heterocycles. The summed E-state index contributed by atoms with van der Waals surface area (Å²) in [6.45, 7) is 12.9. The highest BCUT2D eigenvalue weighted by molar-refractivity contribution is 14.0. The van der Waals surface area contributed by atoms with Gasteiger partial charge in [0.05, 0.1) is 12.2 Å². The number of nitrogens with one attached hydrogen (secondary N) is 2. The van der Waals surface area contributed by atoms with Crippen LogP contribution in [0.2, 0.25) is 0 Å². The minimum atomic E-state index is 0. The molecule has 0 unspecified atom stereocenters. The van der Waals surface area contributed by atoms with Crippen molar-refractivity contribution in [3.8, 4) is 0 Å². The molecular weight excluding hydrogens is 437 g/mol. The first-order valence-electron chi connectivity index (χ1n) is 8.99. The van der Waals surface area contributed by atoms with Crippen LogP contribution in [0, 0.1) is 27.7 Å². The van der Waals surface area contributed by atoms with E-state index >= 15 is 0 Å². The fraction of sp³-hybridized carbons (Fsp3) is 0.500. The summed E-state index contributed by atoms with van der Waals surface area (Å²) in [5, 5.41) is 11.2. The monoisotopic (exact) mass is 469 g/mol. The van der Waals surface area contributed by atoms with E-state index in [9.17, 15) is 0 Å². The lowest BCUT2D eigenvalue weighted by atomic mass is 10.0. The first-order chi connectivity index (χ1) is 11.9. The molecule has 1 aromatic heterocycles. The Bertz CT molecular complexity index is 749. The third-order valence-corrected chi connectivity index (χ3v) is 4.58. The molecule has 0 atom stereocenters. The van der Waals surface area contributed by atoms with E-state index < -0.39 is 0 Å². The van der Waals surface area contributed by atoms with Gasteiger partial charge in [-0.1, -0.05) is 23.8 Å². The molecule has 2 N–H and O–H groups in total. The highest BCUT2D eigenvalue weighted by Crippen LogP contribution is 2.13. The number of benzene rings is 1. The maximum atomic E-state index is 4.73. The Hall–Kier alpha value is -1.57. The highest BCUT2D eigenvalue weighted by atomic mass is 127. The maximum absolute atomic E-state index is 4.73. The normalized spacial score (nSPS) is 11.2. The van der Waals surface area contributed by atoms with E-state index in [-0.39, 0.29) is 24.0 Å². The van der Waals surface area contributed by atoms with Gasteiger partial charge in [0, 0.05) is 31.4 Å². The van der Waals surface area contributed by atoms with Crippen LogP contribution in [0.4, 0.5) is 0 Å². The minimum Gasteiger partial charge on any atom is -0.357 e. The van der Waals surface area contributed by atoms with Crippen LogP contribution in [0.5, 0.6) is 0 Å². The summed E-state index contributed by atoms with van der Waals surface area (Å²) in [6, 6.07) is 6.64. The van der Waals surface area contributed by atoms with E-state index in [0.717, 1.165) is 31.2 Å². The van der Waals surface area contributed by atoms with E-state index in [2.05, 4.69) is 61.6 Å². The number of rotatable bonds is 6. The molecule has 1 aromatic carbocycles. The largest absolute Gasteiger partial charge is 0.357 e. The summed E-state index contributed by atoms with van der Waals surface area (Å²) in [4.78, 5) is 4.73. The van der Waals surface area contributed by atoms with Crippen molar-refractivity contribution in [3.05, 3.63) is 51.8 Å². The number of nitrogens with zero attached hydrogens (tertiary/aromatic N) is 3. The molecule has 0 amide bonds. The van der Waals surface area contributed by atoms with Gasteiger partial charge in [0.25, 0.3) is 0 Å². The Morgan fingerprint density at radius 1 is 1.15 bits per heavy atom. The molecule has 6 heteroatoms. The van der Waals surface area contributed by atoms with Gasteiger partial charge in [-0.05, 0) is 52.2 Å². The van der Waals surface area contributed by atoms with Crippen molar-refractivity contribution in [1.82, 2.24) is 20.4 Å². The molecule has 0 bridgehead atoms. The topological polar surface area (TPSA) is 54.2 Å². The van der Waals surface area contributed by atoms with Gasteiger partial charge >= 0.3 is 0 Å². The van der Waals surface area contributed by atoms with Gasteiger partial charge in [0.1, 0.15) is 0 Å². The Labute approximate surface area is 174 Å². The zero-order chi connectivity index (χ0) is 18.4. The van der Waals surface area contributed by atoms with Gasteiger partial charge in [-0.3, -0.25) is 4.68 Å². The molecule has 0 aliphatic carbocycles. The number of aryl methyl sites for hydroxylation is 4. The van der Waals surface area contributed by atoms with Gasteiger partial charge in [-0.25, -0.2) is 4.99 Å². The molecule has 1 heterocycles. The van der Waals surface area contributed by atoms with E-state index in [4.69, 9.17) is 4.99 Å². The number of guanidine groups is 1. The van der Waals surface area contributed by atoms with Crippen molar-refractivity contribution in [2.45, 2.75) is 47.6 Å². The lowest BCUT2D eigenvalue weighted by molar-refractivity contribution is 0.730. The zero-order valence-electron chi connectivity index (χ0n) is 16.8. The average Bonchev–Trinajstić information content (AvgIpc) is 2.80. The van der Waals surface area contributed by atoms with Crippen LogP contribution < -0.4 is 10.6 Å². The quantitative estimate of drug-likeness (QED) is 0.387. The first kappa shape index (κ1) is 22.5. The van der Waals surface area contributed by atoms with E-state index in [1.165, 1.54) is 27.9 Å². The van der Waals surface area contributed by atoms with Crippen molar-refractivity contribution < 1.29 is 0 Å². The predicted molar refractivity (Wildman–Crippen MR) is 121 cm³/mol. The smallest absolute Gasteiger partial charge is 0.191 e. The Kier molecular flexibility index (Phi) is 9.12. The van der Waals surface area contributed by atoms with Gasteiger partial charge in [0.15, 0.2) is 5.96 Å². The second-order valence-corrected chi connectivity index (χ2v) is 6.57. The average molecular weight is 469 g/mol. The number of halogens is 1. The predicted octanol–water partition coefficient (Wildman–Crippen LogP) is 3.57. The minimum absolute atomic E-state index is 0. The van der Waals surface area contributed by atoms with Gasteiger partial charge < -0.3 is 10.6 Å². The van der Waals surface area contributed by atoms with Gasteiger partial charge in [-0.15, -0.1) is 24.0 Å². The van der Waals surface area contributed by atoms with Gasteiger partial charge in [-0.2, -0.15) is 5.10 Å². The Morgan fingerprint density at radius 3 is 2.46 bits per heavy atom. The fourth-order valence-electron chi connectivity index (χ4n) is 2.99. The van der Waals surface area contributed by atoms with Crippen LogP contribution in [0.15, 0.2) is 23.2 Å². The van der Waals surface area contributed by atoms with Crippen molar-refractivity contribution >= 4 is 29.9 Å². The molecule has 0 spiro atoms. The van der Waals surface area contributed by atoms with E-state index in [1.807, 2.05) is 18.7 Å². The van der Waals surface area contributed by atoms with Crippen molar-refractivity contribution in [2.75, 3.05) is 13.1 Å². The van der Waals surface area contributed by atoms with Crippen LogP contribution >= 0.6 is 24.0 Å². The third kappa shape index (κ3) is 6.00.